The maximum Gasteiger partial charge on any atom is 0.337 e. The average Bonchev–Trinajstić information content (AvgIpc) is 2.90. The molecule has 8 heteroatoms. The molecule has 3 aromatic rings. The molecule has 0 amide bonds. The van der Waals surface area contributed by atoms with Crippen molar-refractivity contribution < 1.29 is 18.8 Å². The second-order valence-electron chi connectivity index (χ2n) is 5.63. The molecule has 0 saturated carbocycles. The fraction of sp³-hybridized carbons (Fsp3) is 0.111. The highest BCUT2D eigenvalue weighted by molar-refractivity contribution is 6.39. The molecule has 3 rings (SSSR count). The van der Waals surface area contributed by atoms with E-state index < -0.39 is 11.8 Å². The highest BCUT2D eigenvalue weighted by atomic mass is 35.5. The first-order valence-electron chi connectivity index (χ1n) is 7.50. The van der Waals surface area contributed by atoms with Crippen LogP contribution in [0.25, 0.3) is 11.1 Å². The van der Waals surface area contributed by atoms with Crippen molar-refractivity contribution in [3.05, 3.63) is 63.2 Å². The second kappa shape index (κ2) is 6.97. The molecular weight excluding hydrogens is 382 g/mol. The van der Waals surface area contributed by atoms with Crippen molar-refractivity contribution in [1.82, 2.24) is 5.16 Å². The number of halogens is 3. The van der Waals surface area contributed by atoms with Crippen molar-refractivity contribution >= 4 is 40.5 Å². The topological polar surface area (TPSA) is 75.4 Å². The van der Waals surface area contributed by atoms with Crippen LogP contribution in [0.15, 0.2) is 34.9 Å². The van der Waals surface area contributed by atoms with E-state index in [0.29, 0.717) is 17.1 Å². The summed E-state index contributed by atoms with van der Waals surface area (Å²) in [5, 5.41) is 16.6. The highest BCUT2D eigenvalue weighted by Gasteiger charge is 2.18. The Labute approximate surface area is 158 Å². The molecule has 0 radical (unpaired) electrons. The number of nitrogens with zero attached hydrogens (tertiary/aromatic N) is 1. The van der Waals surface area contributed by atoms with Gasteiger partial charge >= 0.3 is 5.97 Å². The van der Waals surface area contributed by atoms with Crippen LogP contribution in [-0.4, -0.2) is 16.2 Å². The Morgan fingerprint density at radius 3 is 2.38 bits per heavy atom. The fourth-order valence-electron chi connectivity index (χ4n) is 2.67. The summed E-state index contributed by atoms with van der Waals surface area (Å²) in [6.07, 6.45) is 0. The number of anilines is 2. The van der Waals surface area contributed by atoms with Crippen molar-refractivity contribution in [1.29, 1.82) is 0 Å². The molecule has 0 bridgehead atoms. The zero-order chi connectivity index (χ0) is 19.0. The standard InChI is InChI=1S/C18H13Cl2FN2O3/c1-8-16(9(2)26-23-8)10-5-13(19)17(14(20)6-10)22-15-4-3-11(21)7-12(15)18(24)25/h3-7,22H,1-2H3,(H,24,25). The van der Waals surface area contributed by atoms with Crippen LogP contribution < -0.4 is 5.32 Å². The summed E-state index contributed by atoms with van der Waals surface area (Å²) in [5.74, 6) is -1.30. The number of benzene rings is 2. The Morgan fingerprint density at radius 1 is 1.19 bits per heavy atom. The number of nitrogens with one attached hydrogen (secondary N) is 1. The Hall–Kier alpha value is -2.57. The van der Waals surface area contributed by atoms with E-state index in [2.05, 4.69) is 10.5 Å². The molecule has 0 unspecified atom stereocenters. The van der Waals surface area contributed by atoms with Crippen molar-refractivity contribution in [2.45, 2.75) is 13.8 Å². The van der Waals surface area contributed by atoms with E-state index >= 15 is 0 Å². The normalized spacial score (nSPS) is 10.8. The molecule has 0 aliphatic heterocycles. The predicted molar refractivity (Wildman–Crippen MR) is 98.1 cm³/mol. The monoisotopic (exact) mass is 394 g/mol. The number of hydrogen-bond acceptors (Lipinski definition) is 4. The number of aromatic carboxylic acids is 1. The highest BCUT2D eigenvalue weighted by Crippen LogP contribution is 2.39. The second-order valence-corrected chi connectivity index (χ2v) is 6.45. The van der Waals surface area contributed by atoms with E-state index in [-0.39, 0.29) is 21.3 Å². The zero-order valence-corrected chi connectivity index (χ0v) is 15.2. The van der Waals surface area contributed by atoms with Crippen LogP contribution in [0.4, 0.5) is 15.8 Å². The molecule has 0 aliphatic carbocycles. The number of hydrogen-bond donors (Lipinski definition) is 2. The largest absolute Gasteiger partial charge is 0.478 e. The first-order chi connectivity index (χ1) is 12.3. The van der Waals surface area contributed by atoms with Crippen LogP contribution in [-0.2, 0) is 0 Å². The molecule has 0 spiro atoms. The van der Waals surface area contributed by atoms with Crippen LogP contribution >= 0.6 is 23.2 Å². The van der Waals surface area contributed by atoms with Crippen LogP contribution in [0.3, 0.4) is 0 Å². The van der Waals surface area contributed by atoms with E-state index in [1.165, 1.54) is 6.07 Å². The van der Waals surface area contributed by atoms with E-state index in [0.717, 1.165) is 23.3 Å². The molecule has 1 heterocycles. The molecule has 0 saturated heterocycles. The Morgan fingerprint density at radius 2 is 1.85 bits per heavy atom. The summed E-state index contributed by atoms with van der Waals surface area (Å²) in [5.41, 5.74) is 2.47. The van der Waals surface area contributed by atoms with E-state index in [9.17, 15) is 14.3 Å². The lowest BCUT2D eigenvalue weighted by atomic mass is 10.0. The molecule has 1 aromatic heterocycles. The van der Waals surface area contributed by atoms with Gasteiger partial charge in [0.25, 0.3) is 0 Å². The van der Waals surface area contributed by atoms with Gasteiger partial charge in [-0.15, -0.1) is 0 Å². The van der Waals surface area contributed by atoms with Crippen molar-refractivity contribution in [2.75, 3.05) is 5.32 Å². The third-order valence-corrected chi connectivity index (χ3v) is 4.43. The van der Waals surface area contributed by atoms with Gasteiger partial charge < -0.3 is 14.9 Å². The van der Waals surface area contributed by atoms with E-state index in [1.807, 2.05) is 0 Å². The molecule has 0 atom stereocenters. The van der Waals surface area contributed by atoms with Gasteiger partial charge in [-0.2, -0.15) is 0 Å². The number of rotatable bonds is 4. The minimum Gasteiger partial charge on any atom is -0.478 e. The molecule has 134 valence electrons. The Kier molecular flexibility index (Phi) is 4.89. The van der Waals surface area contributed by atoms with Crippen LogP contribution in [0.1, 0.15) is 21.8 Å². The van der Waals surface area contributed by atoms with Gasteiger partial charge in [-0.1, -0.05) is 28.4 Å². The van der Waals surface area contributed by atoms with Crippen molar-refractivity contribution in [2.24, 2.45) is 0 Å². The number of carbonyl (C=O) groups is 1. The maximum atomic E-state index is 13.3. The summed E-state index contributed by atoms with van der Waals surface area (Å²) in [6.45, 7) is 3.58. The summed E-state index contributed by atoms with van der Waals surface area (Å²) in [4.78, 5) is 11.3. The molecular formula is C18H13Cl2FN2O3. The molecule has 5 nitrogen and oxygen atoms in total. The quantitative estimate of drug-likeness (QED) is 0.580. The molecule has 0 fully saturated rings. The predicted octanol–water partition coefficient (Wildman–Crippen LogP) is 5.85. The molecule has 2 N–H and O–H groups in total. The average molecular weight is 395 g/mol. The minimum atomic E-state index is -1.27. The van der Waals surface area contributed by atoms with Crippen molar-refractivity contribution in [3.8, 4) is 11.1 Å². The summed E-state index contributed by atoms with van der Waals surface area (Å²) in [6, 6.07) is 6.73. The van der Waals surface area contributed by atoms with Gasteiger partial charge in [-0.25, -0.2) is 9.18 Å². The first-order valence-corrected chi connectivity index (χ1v) is 8.25. The lowest BCUT2D eigenvalue weighted by Crippen LogP contribution is -2.04. The zero-order valence-electron chi connectivity index (χ0n) is 13.7. The van der Waals surface area contributed by atoms with Gasteiger partial charge in [-0.05, 0) is 49.7 Å². The van der Waals surface area contributed by atoms with Gasteiger partial charge in [0.1, 0.15) is 11.6 Å². The van der Waals surface area contributed by atoms with Gasteiger partial charge in [-0.3, -0.25) is 0 Å². The Bertz CT molecular complexity index is 975. The maximum absolute atomic E-state index is 13.3. The number of aromatic nitrogens is 1. The third-order valence-electron chi connectivity index (χ3n) is 3.84. The lowest BCUT2D eigenvalue weighted by Gasteiger charge is -2.14. The van der Waals surface area contributed by atoms with Crippen LogP contribution in [0, 0.1) is 19.7 Å². The lowest BCUT2D eigenvalue weighted by molar-refractivity contribution is 0.0697. The smallest absolute Gasteiger partial charge is 0.337 e. The minimum absolute atomic E-state index is 0.174. The molecule has 0 aliphatic rings. The van der Waals surface area contributed by atoms with Gasteiger partial charge in [0.15, 0.2) is 0 Å². The summed E-state index contributed by atoms with van der Waals surface area (Å²) < 4.78 is 18.5. The fourth-order valence-corrected chi connectivity index (χ4v) is 3.25. The summed E-state index contributed by atoms with van der Waals surface area (Å²) >= 11 is 12.7. The van der Waals surface area contributed by atoms with E-state index in [1.54, 1.807) is 26.0 Å². The van der Waals surface area contributed by atoms with Crippen molar-refractivity contribution in [3.63, 3.8) is 0 Å². The SMILES string of the molecule is Cc1noc(C)c1-c1cc(Cl)c(Nc2ccc(F)cc2C(=O)O)c(Cl)c1. The molecule has 2 aromatic carbocycles. The first kappa shape index (κ1) is 18.2. The molecule has 26 heavy (non-hydrogen) atoms. The third kappa shape index (κ3) is 3.38. The number of carboxylic acids is 1. The van der Waals surface area contributed by atoms with Gasteiger partial charge in [0.2, 0.25) is 0 Å². The number of aryl methyl sites for hydroxylation is 2. The number of carboxylic acid groups (broad SMARTS) is 1. The summed E-state index contributed by atoms with van der Waals surface area (Å²) in [7, 11) is 0. The Balaban J connectivity index is 2.05. The van der Waals surface area contributed by atoms with Gasteiger partial charge in [0.05, 0.1) is 32.7 Å². The van der Waals surface area contributed by atoms with Crippen LogP contribution in [0.5, 0.6) is 0 Å². The van der Waals surface area contributed by atoms with Crippen LogP contribution in [0.2, 0.25) is 10.0 Å². The van der Waals surface area contributed by atoms with E-state index in [4.69, 9.17) is 27.7 Å². The van der Waals surface area contributed by atoms with Gasteiger partial charge in [0, 0.05) is 5.56 Å².